The van der Waals surface area contributed by atoms with E-state index < -0.39 is 52.8 Å². The van der Waals surface area contributed by atoms with Crippen LogP contribution in [0.25, 0.3) is 0 Å². The lowest BCUT2D eigenvalue weighted by atomic mass is 10.3. The molecule has 0 spiro atoms. The average Bonchev–Trinajstić information content (AvgIpc) is 2.50. The van der Waals surface area contributed by atoms with Crippen molar-refractivity contribution in [2.75, 3.05) is 0 Å². The van der Waals surface area contributed by atoms with E-state index in [1.807, 2.05) is 0 Å². The maximum Gasteiger partial charge on any atom is 0.257 e. The second kappa shape index (κ2) is 6.16. The van der Waals surface area contributed by atoms with Gasteiger partial charge in [-0.3, -0.25) is 0 Å². The zero-order valence-corrected chi connectivity index (χ0v) is 13.3. The van der Waals surface area contributed by atoms with E-state index in [4.69, 9.17) is 0 Å². The highest BCUT2D eigenvalue weighted by atomic mass is 32.2. The van der Waals surface area contributed by atoms with Crippen molar-refractivity contribution < 1.29 is 37.3 Å². The number of hydrogen-bond acceptors (Lipinski definition) is 8. The van der Waals surface area contributed by atoms with Gasteiger partial charge < -0.3 is 20.4 Å². The summed E-state index contributed by atoms with van der Waals surface area (Å²) < 4.78 is 48.1. The maximum absolute atomic E-state index is 12.0. The molecule has 0 fully saturated rings. The molecule has 0 aliphatic carbocycles. The van der Waals surface area contributed by atoms with Crippen LogP contribution >= 0.6 is 0 Å². The van der Waals surface area contributed by atoms with E-state index in [0.29, 0.717) is 12.1 Å². The Morgan fingerprint density at radius 3 is 1.29 bits per heavy atom. The molecule has 0 unspecified atom stereocenters. The third-order valence-corrected chi connectivity index (χ3v) is 5.46. The van der Waals surface area contributed by atoms with Gasteiger partial charge in [0.25, 0.3) is 20.0 Å². The molecule has 0 atom stereocenters. The fraction of sp³-hybridized carbons (Fsp3) is 0. The molecule has 2 aromatic rings. The number of phenolic OH excluding ortho intramolecular Hbond substituents is 4. The van der Waals surface area contributed by atoms with Gasteiger partial charge in [0.1, 0.15) is 32.8 Å². The van der Waals surface area contributed by atoms with Crippen LogP contribution in [0.1, 0.15) is 0 Å². The average molecular weight is 376 g/mol. The molecule has 0 aliphatic heterocycles. The van der Waals surface area contributed by atoms with Crippen LogP contribution in [0.4, 0.5) is 0 Å². The van der Waals surface area contributed by atoms with Crippen molar-refractivity contribution in [3.63, 3.8) is 0 Å². The zero-order valence-electron chi connectivity index (χ0n) is 11.7. The molecule has 0 bridgehead atoms. The summed E-state index contributed by atoms with van der Waals surface area (Å²) in [5, 5.41) is 37.6. The van der Waals surface area contributed by atoms with Crippen LogP contribution in [0, 0.1) is 0 Å². The molecule has 24 heavy (non-hydrogen) atoms. The SMILES string of the molecule is O=S(=O)(NNS(=O)(=O)c1cc(O)ccc1O)c1cc(O)ccc1O. The fourth-order valence-electron chi connectivity index (χ4n) is 1.66. The highest BCUT2D eigenvalue weighted by molar-refractivity contribution is 7.92. The van der Waals surface area contributed by atoms with Crippen molar-refractivity contribution in [3.05, 3.63) is 36.4 Å². The number of aromatic hydroxyl groups is 4. The van der Waals surface area contributed by atoms with Crippen molar-refractivity contribution in [1.29, 1.82) is 0 Å². The highest BCUT2D eigenvalue weighted by Gasteiger charge is 2.25. The standard InChI is InChI=1S/C12H12N2O8S2/c15-7-1-3-9(17)11(5-7)23(19,20)13-14-24(21,22)12-6-8(16)2-4-10(12)18/h1-6,13-18H. The lowest BCUT2D eigenvalue weighted by Crippen LogP contribution is -2.41. The summed E-state index contributed by atoms with van der Waals surface area (Å²) in [6.45, 7) is 0. The summed E-state index contributed by atoms with van der Waals surface area (Å²) in [6, 6.07) is 5.28. The molecule has 0 saturated carbocycles. The predicted molar refractivity (Wildman–Crippen MR) is 80.2 cm³/mol. The van der Waals surface area contributed by atoms with Crippen molar-refractivity contribution in [1.82, 2.24) is 9.66 Å². The number of hydrogen-bond donors (Lipinski definition) is 6. The molecule has 0 aromatic heterocycles. The van der Waals surface area contributed by atoms with Gasteiger partial charge in [-0.1, -0.05) is 0 Å². The molecule has 10 nitrogen and oxygen atoms in total. The van der Waals surface area contributed by atoms with E-state index in [9.17, 15) is 37.3 Å². The third-order valence-electron chi connectivity index (χ3n) is 2.78. The molecular formula is C12H12N2O8S2. The fourth-order valence-corrected chi connectivity index (χ4v) is 3.99. The van der Waals surface area contributed by atoms with Crippen LogP contribution in [0.2, 0.25) is 0 Å². The summed E-state index contributed by atoms with van der Waals surface area (Å²) in [5.41, 5.74) is 0. The van der Waals surface area contributed by atoms with Gasteiger partial charge in [-0.2, -0.15) is 0 Å². The second-order valence-electron chi connectivity index (χ2n) is 4.52. The van der Waals surface area contributed by atoms with Crippen LogP contribution in [0.5, 0.6) is 23.0 Å². The topological polar surface area (TPSA) is 173 Å². The van der Waals surface area contributed by atoms with E-state index in [1.54, 1.807) is 0 Å². The van der Waals surface area contributed by atoms with Crippen molar-refractivity contribution in [3.8, 4) is 23.0 Å². The van der Waals surface area contributed by atoms with Crippen molar-refractivity contribution >= 4 is 20.0 Å². The molecule has 0 radical (unpaired) electrons. The summed E-state index contributed by atoms with van der Waals surface area (Å²) in [4.78, 5) is 1.45. The van der Waals surface area contributed by atoms with E-state index in [0.717, 1.165) is 24.3 Å². The lowest BCUT2D eigenvalue weighted by molar-refractivity contribution is 0.442. The number of sulfonamides is 2. The van der Waals surface area contributed by atoms with Crippen LogP contribution in [-0.4, -0.2) is 37.3 Å². The number of hydrazine groups is 1. The largest absolute Gasteiger partial charge is 0.508 e. The summed E-state index contributed by atoms with van der Waals surface area (Å²) >= 11 is 0. The minimum Gasteiger partial charge on any atom is -0.508 e. The van der Waals surface area contributed by atoms with Gasteiger partial charge in [0.15, 0.2) is 0 Å². The van der Waals surface area contributed by atoms with E-state index in [-0.39, 0.29) is 0 Å². The Balaban J connectivity index is 2.32. The summed E-state index contributed by atoms with van der Waals surface area (Å²) in [5.74, 6) is -2.39. The molecule has 0 heterocycles. The normalized spacial score (nSPS) is 12.2. The van der Waals surface area contributed by atoms with Gasteiger partial charge in [0.05, 0.1) is 0 Å². The first-order chi connectivity index (χ1) is 11.0. The third kappa shape index (κ3) is 3.68. The molecule has 0 saturated heterocycles. The number of nitrogens with one attached hydrogen (secondary N) is 2. The Morgan fingerprint density at radius 2 is 0.958 bits per heavy atom. The van der Waals surface area contributed by atoms with Crippen molar-refractivity contribution in [2.24, 2.45) is 0 Å². The van der Waals surface area contributed by atoms with Gasteiger partial charge in [-0.05, 0) is 24.3 Å². The summed E-state index contributed by atoms with van der Waals surface area (Å²) in [6.07, 6.45) is 0. The highest BCUT2D eigenvalue weighted by Crippen LogP contribution is 2.28. The number of phenols is 4. The van der Waals surface area contributed by atoms with E-state index in [2.05, 4.69) is 0 Å². The molecular weight excluding hydrogens is 364 g/mol. The van der Waals surface area contributed by atoms with E-state index in [1.165, 1.54) is 9.66 Å². The first-order valence-corrected chi connectivity index (χ1v) is 9.07. The molecule has 0 aliphatic rings. The molecule has 6 N–H and O–H groups in total. The number of benzene rings is 2. The lowest BCUT2D eigenvalue weighted by Gasteiger charge is -2.11. The minimum absolute atomic E-state index is 0.471. The van der Waals surface area contributed by atoms with Gasteiger partial charge in [-0.25, -0.2) is 16.8 Å². The van der Waals surface area contributed by atoms with Crippen LogP contribution in [0.3, 0.4) is 0 Å². The van der Waals surface area contributed by atoms with Gasteiger partial charge in [0, 0.05) is 12.1 Å². The Morgan fingerprint density at radius 1 is 0.625 bits per heavy atom. The zero-order chi connectivity index (χ0) is 18.1. The van der Waals surface area contributed by atoms with Crippen molar-refractivity contribution in [2.45, 2.75) is 9.79 Å². The maximum atomic E-state index is 12.0. The summed E-state index contributed by atoms with van der Waals surface area (Å²) in [7, 11) is -9.14. The predicted octanol–water partition coefficient (Wildman–Crippen LogP) is -0.319. The first-order valence-electron chi connectivity index (χ1n) is 6.10. The molecule has 0 amide bonds. The molecule has 12 heteroatoms. The number of rotatable bonds is 5. The van der Waals surface area contributed by atoms with Crippen LogP contribution in [-0.2, 0) is 20.0 Å². The first kappa shape index (κ1) is 17.8. The molecule has 2 aromatic carbocycles. The molecule has 130 valence electrons. The van der Waals surface area contributed by atoms with Gasteiger partial charge in [0.2, 0.25) is 0 Å². The van der Waals surface area contributed by atoms with Gasteiger partial charge in [-0.15, -0.1) is 9.66 Å². The smallest absolute Gasteiger partial charge is 0.257 e. The quantitative estimate of drug-likeness (QED) is 0.304. The Kier molecular flexibility index (Phi) is 4.57. The Labute approximate surface area is 136 Å². The Bertz CT molecular complexity index is 905. The minimum atomic E-state index is -4.57. The van der Waals surface area contributed by atoms with E-state index >= 15 is 0 Å². The van der Waals surface area contributed by atoms with Gasteiger partial charge >= 0.3 is 0 Å². The second-order valence-corrected chi connectivity index (χ2v) is 7.82. The molecule has 2 rings (SSSR count). The van der Waals surface area contributed by atoms with Crippen LogP contribution < -0.4 is 9.66 Å². The monoisotopic (exact) mass is 376 g/mol. The van der Waals surface area contributed by atoms with Crippen LogP contribution in [0.15, 0.2) is 46.2 Å². The Hall–Kier alpha value is -2.54.